The number of hydrogen-bond acceptors (Lipinski definition) is 5. The highest BCUT2D eigenvalue weighted by Crippen LogP contribution is 2.31. The minimum atomic E-state index is -0.165. The molecule has 1 aliphatic rings. The van der Waals surface area contributed by atoms with Gasteiger partial charge in [-0.1, -0.05) is 0 Å². The molecule has 1 amide bonds. The van der Waals surface area contributed by atoms with Crippen LogP contribution in [0.25, 0.3) is 11.4 Å². The maximum Gasteiger partial charge on any atom is 0.262 e. The summed E-state index contributed by atoms with van der Waals surface area (Å²) < 4.78 is 6.94. The van der Waals surface area contributed by atoms with Gasteiger partial charge >= 0.3 is 0 Å². The number of amides is 1. The number of hydrogen-bond donors (Lipinski definition) is 2. The Morgan fingerprint density at radius 1 is 1.53 bits per heavy atom. The van der Waals surface area contributed by atoms with E-state index in [0.29, 0.717) is 29.6 Å². The van der Waals surface area contributed by atoms with Gasteiger partial charge in [0.15, 0.2) is 12.4 Å². The lowest BCUT2D eigenvalue weighted by molar-refractivity contribution is -0.118. The quantitative estimate of drug-likeness (QED) is 0.807. The molecule has 19 heavy (non-hydrogen) atoms. The lowest BCUT2D eigenvalue weighted by Crippen LogP contribution is -2.25. The largest absolute Gasteiger partial charge is 0.482 e. The van der Waals surface area contributed by atoms with E-state index >= 15 is 0 Å². The molecule has 0 saturated carbocycles. The van der Waals surface area contributed by atoms with Crippen molar-refractivity contribution in [1.29, 1.82) is 0 Å². The molecule has 0 radical (unpaired) electrons. The zero-order valence-corrected chi connectivity index (χ0v) is 10.4. The van der Waals surface area contributed by atoms with Crippen LogP contribution in [0.15, 0.2) is 18.2 Å². The molecule has 2 heterocycles. The molecule has 1 aromatic heterocycles. The molecule has 3 N–H and O–H groups in total. The third-order valence-corrected chi connectivity index (χ3v) is 2.91. The van der Waals surface area contributed by atoms with Crippen LogP contribution < -0.4 is 15.8 Å². The zero-order chi connectivity index (χ0) is 13.4. The van der Waals surface area contributed by atoms with Crippen molar-refractivity contribution in [3.63, 3.8) is 0 Å². The second-order valence-corrected chi connectivity index (χ2v) is 4.23. The molecule has 0 bridgehead atoms. The standard InChI is InChI=1S/C12H13N5O2/c1-17-10(5-13)15-12(16-17)7-2-3-9-8(4-7)14-11(18)6-19-9/h2-4H,5-6,13H2,1H3,(H,14,18). The second-order valence-electron chi connectivity index (χ2n) is 4.23. The van der Waals surface area contributed by atoms with Crippen molar-refractivity contribution in [3.8, 4) is 17.1 Å². The van der Waals surface area contributed by atoms with Crippen molar-refractivity contribution in [2.45, 2.75) is 6.54 Å². The number of aryl methyl sites for hydroxylation is 1. The highest BCUT2D eigenvalue weighted by molar-refractivity contribution is 5.96. The molecule has 0 spiro atoms. The maximum absolute atomic E-state index is 11.3. The van der Waals surface area contributed by atoms with Crippen molar-refractivity contribution >= 4 is 11.6 Å². The topological polar surface area (TPSA) is 95.1 Å². The Hall–Kier alpha value is -2.41. The van der Waals surface area contributed by atoms with Crippen LogP contribution in [0.2, 0.25) is 0 Å². The predicted octanol–water partition coefficient (Wildman–Crippen LogP) is 0.272. The van der Waals surface area contributed by atoms with Gasteiger partial charge < -0.3 is 15.8 Å². The molecular weight excluding hydrogens is 246 g/mol. The van der Waals surface area contributed by atoms with Crippen LogP contribution in [-0.2, 0) is 18.4 Å². The van der Waals surface area contributed by atoms with Crippen LogP contribution in [0.1, 0.15) is 5.82 Å². The number of aromatic nitrogens is 3. The summed E-state index contributed by atoms with van der Waals surface area (Å²) in [6.45, 7) is 0.375. The number of nitrogens with one attached hydrogen (secondary N) is 1. The predicted molar refractivity (Wildman–Crippen MR) is 68.5 cm³/mol. The third kappa shape index (κ3) is 2.04. The first-order valence-corrected chi connectivity index (χ1v) is 5.84. The van der Waals surface area contributed by atoms with E-state index in [0.717, 1.165) is 5.56 Å². The van der Waals surface area contributed by atoms with E-state index in [4.69, 9.17) is 10.5 Å². The average molecular weight is 259 g/mol. The molecule has 1 aliphatic heterocycles. The van der Waals surface area contributed by atoms with Crippen molar-refractivity contribution in [3.05, 3.63) is 24.0 Å². The first kappa shape index (κ1) is 11.7. The van der Waals surface area contributed by atoms with Crippen LogP contribution in [0.4, 0.5) is 5.69 Å². The lowest BCUT2D eigenvalue weighted by atomic mass is 10.1. The van der Waals surface area contributed by atoms with Crippen LogP contribution in [0.3, 0.4) is 0 Å². The van der Waals surface area contributed by atoms with Crippen LogP contribution in [0, 0.1) is 0 Å². The van der Waals surface area contributed by atoms with E-state index in [9.17, 15) is 4.79 Å². The van der Waals surface area contributed by atoms with Gasteiger partial charge in [0.25, 0.3) is 5.91 Å². The number of benzene rings is 1. The van der Waals surface area contributed by atoms with E-state index in [2.05, 4.69) is 15.4 Å². The Labute approximate surface area is 109 Å². The molecule has 0 unspecified atom stereocenters. The molecular formula is C12H13N5O2. The molecule has 7 heteroatoms. The lowest BCUT2D eigenvalue weighted by Gasteiger charge is -2.17. The van der Waals surface area contributed by atoms with Crippen LogP contribution in [0.5, 0.6) is 5.75 Å². The summed E-state index contributed by atoms with van der Waals surface area (Å²) in [6, 6.07) is 5.44. The van der Waals surface area contributed by atoms with Gasteiger partial charge in [-0.2, -0.15) is 5.10 Å². The van der Waals surface area contributed by atoms with Crippen LogP contribution >= 0.6 is 0 Å². The summed E-state index contributed by atoms with van der Waals surface area (Å²) in [5.74, 6) is 1.76. The van der Waals surface area contributed by atoms with Gasteiger partial charge in [0, 0.05) is 12.6 Å². The highest BCUT2D eigenvalue weighted by atomic mass is 16.5. The van der Waals surface area contributed by atoms with Gasteiger partial charge in [-0.3, -0.25) is 9.48 Å². The van der Waals surface area contributed by atoms with Crippen molar-refractivity contribution in [2.75, 3.05) is 11.9 Å². The number of carbonyl (C=O) groups is 1. The smallest absolute Gasteiger partial charge is 0.262 e. The number of anilines is 1. The monoisotopic (exact) mass is 259 g/mol. The molecule has 98 valence electrons. The first-order chi connectivity index (χ1) is 9.17. The fraction of sp³-hybridized carbons (Fsp3) is 0.250. The summed E-state index contributed by atoms with van der Waals surface area (Å²) in [5.41, 5.74) is 7.01. The van der Waals surface area contributed by atoms with E-state index in [1.165, 1.54) is 0 Å². The number of nitrogens with two attached hydrogens (primary N) is 1. The molecule has 2 aromatic rings. The molecule has 7 nitrogen and oxygen atoms in total. The van der Waals surface area contributed by atoms with Crippen molar-refractivity contribution in [1.82, 2.24) is 14.8 Å². The summed E-state index contributed by atoms with van der Waals surface area (Å²) in [4.78, 5) is 15.6. The molecule has 0 atom stereocenters. The van der Waals surface area contributed by atoms with Gasteiger partial charge in [0.2, 0.25) is 0 Å². The molecule has 0 aliphatic carbocycles. The van der Waals surface area contributed by atoms with Gasteiger partial charge in [-0.15, -0.1) is 0 Å². The Bertz CT molecular complexity index is 650. The van der Waals surface area contributed by atoms with Gasteiger partial charge in [0.05, 0.1) is 12.2 Å². The fourth-order valence-corrected chi connectivity index (χ4v) is 1.94. The Morgan fingerprint density at radius 3 is 3.11 bits per heavy atom. The summed E-state index contributed by atoms with van der Waals surface area (Å²) in [6.07, 6.45) is 0. The Kier molecular flexibility index (Phi) is 2.68. The molecule has 0 saturated heterocycles. The summed E-state index contributed by atoms with van der Waals surface area (Å²) >= 11 is 0. The Morgan fingerprint density at radius 2 is 2.37 bits per heavy atom. The normalized spacial score (nSPS) is 13.7. The van der Waals surface area contributed by atoms with Gasteiger partial charge in [-0.05, 0) is 18.2 Å². The highest BCUT2D eigenvalue weighted by Gasteiger charge is 2.17. The maximum atomic E-state index is 11.3. The summed E-state index contributed by atoms with van der Waals surface area (Å²) in [5, 5.41) is 7.05. The fourth-order valence-electron chi connectivity index (χ4n) is 1.94. The molecule has 3 rings (SSSR count). The zero-order valence-electron chi connectivity index (χ0n) is 10.4. The van der Waals surface area contributed by atoms with E-state index in [-0.39, 0.29) is 12.5 Å². The van der Waals surface area contributed by atoms with Gasteiger partial charge in [-0.25, -0.2) is 4.98 Å². The SMILES string of the molecule is Cn1nc(-c2ccc3c(c2)NC(=O)CO3)nc1CN. The van der Waals surface area contributed by atoms with E-state index in [1.807, 2.05) is 6.07 Å². The number of fused-ring (bicyclic) bond motifs is 1. The number of ether oxygens (including phenoxy) is 1. The van der Waals surface area contributed by atoms with Gasteiger partial charge in [0.1, 0.15) is 11.6 Å². The Balaban J connectivity index is 2.01. The number of carbonyl (C=O) groups excluding carboxylic acids is 1. The van der Waals surface area contributed by atoms with E-state index in [1.54, 1.807) is 23.9 Å². The average Bonchev–Trinajstić information content (AvgIpc) is 2.79. The first-order valence-electron chi connectivity index (χ1n) is 5.84. The van der Waals surface area contributed by atoms with Crippen molar-refractivity contribution in [2.24, 2.45) is 12.8 Å². The second kappa shape index (κ2) is 4.36. The summed E-state index contributed by atoms with van der Waals surface area (Å²) in [7, 11) is 1.79. The minimum Gasteiger partial charge on any atom is -0.482 e. The molecule has 1 aromatic carbocycles. The minimum absolute atomic E-state index is 0.0471. The third-order valence-electron chi connectivity index (χ3n) is 2.91. The number of nitrogens with zero attached hydrogens (tertiary/aromatic N) is 3. The van der Waals surface area contributed by atoms with Crippen LogP contribution in [-0.4, -0.2) is 27.3 Å². The number of rotatable bonds is 2. The van der Waals surface area contributed by atoms with Crippen molar-refractivity contribution < 1.29 is 9.53 Å². The van der Waals surface area contributed by atoms with E-state index < -0.39 is 0 Å². The molecule has 0 fully saturated rings.